The molecule has 1 fully saturated rings. The molecule has 1 aliphatic heterocycles. The van der Waals surface area contributed by atoms with Crippen molar-refractivity contribution in [2.24, 2.45) is 0 Å². The Hall–Kier alpha value is -0.800. The molecule has 0 aromatic heterocycles. The summed E-state index contributed by atoms with van der Waals surface area (Å²) in [5, 5.41) is 0. The van der Waals surface area contributed by atoms with E-state index in [1.807, 2.05) is 0 Å². The lowest BCUT2D eigenvalue weighted by atomic mass is 10.1. The molecule has 16 heavy (non-hydrogen) atoms. The zero-order valence-electron chi connectivity index (χ0n) is 9.19. The van der Waals surface area contributed by atoms with Gasteiger partial charge >= 0.3 is 0 Å². The smallest absolute Gasteiger partial charge is 0.142 e. The normalized spacial score (nSPS) is 16.6. The average Bonchev–Trinajstić information content (AvgIpc) is 2.30. The SMILES string of the molecule is Cl.Fc1ccc(OCN2CCCCC2)cc1. The molecular weight excluding hydrogens is 229 g/mol. The maximum atomic E-state index is 12.6. The fraction of sp³-hybridized carbons (Fsp3) is 0.500. The Bertz CT molecular complexity index is 298. The number of hydrogen-bond acceptors (Lipinski definition) is 2. The molecular formula is C12H17ClFNO. The molecule has 4 heteroatoms. The van der Waals surface area contributed by atoms with Crippen molar-refractivity contribution >= 4 is 12.4 Å². The van der Waals surface area contributed by atoms with E-state index in [0.29, 0.717) is 6.73 Å². The molecule has 2 nitrogen and oxygen atoms in total. The fourth-order valence-electron chi connectivity index (χ4n) is 1.79. The molecule has 1 aliphatic rings. The highest BCUT2D eigenvalue weighted by Crippen LogP contribution is 2.13. The Morgan fingerprint density at radius 1 is 1.06 bits per heavy atom. The predicted octanol–water partition coefficient (Wildman–Crippen LogP) is 3.07. The second kappa shape index (κ2) is 6.71. The fourth-order valence-corrected chi connectivity index (χ4v) is 1.79. The third kappa shape index (κ3) is 3.99. The minimum absolute atomic E-state index is 0. The van der Waals surface area contributed by atoms with Crippen molar-refractivity contribution in [3.8, 4) is 5.75 Å². The summed E-state index contributed by atoms with van der Waals surface area (Å²) >= 11 is 0. The van der Waals surface area contributed by atoms with Crippen molar-refractivity contribution in [1.29, 1.82) is 0 Å². The summed E-state index contributed by atoms with van der Waals surface area (Å²) in [6, 6.07) is 6.18. The van der Waals surface area contributed by atoms with Crippen LogP contribution in [0.4, 0.5) is 4.39 Å². The van der Waals surface area contributed by atoms with Gasteiger partial charge in [-0.15, -0.1) is 12.4 Å². The van der Waals surface area contributed by atoms with Crippen LogP contribution in [0.1, 0.15) is 19.3 Å². The van der Waals surface area contributed by atoms with Crippen LogP contribution in [0.2, 0.25) is 0 Å². The topological polar surface area (TPSA) is 12.5 Å². The van der Waals surface area contributed by atoms with E-state index in [0.717, 1.165) is 18.8 Å². The highest BCUT2D eigenvalue weighted by Gasteiger charge is 2.09. The number of piperidine rings is 1. The van der Waals surface area contributed by atoms with Gasteiger partial charge in [-0.2, -0.15) is 0 Å². The summed E-state index contributed by atoms with van der Waals surface area (Å²) in [5.74, 6) is 0.516. The number of rotatable bonds is 3. The van der Waals surface area contributed by atoms with Gasteiger partial charge < -0.3 is 4.74 Å². The van der Waals surface area contributed by atoms with E-state index in [1.54, 1.807) is 12.1 Å². The second-order valence-electron chi connectivity index (χ2n) is 3.91. The summed E-state index contributed by atoms with van der Waals surface area (Å²) in [6.45, 7) is 2.84. The summed E-state index contributed by atoms with van der Waals surface area (Å²) in [5.41, 5.74) is 0. The standard InChI is InChI=1S/C12H16FNO.ClH/c13-11-4-6-12(7-5-11)15-10-14-8-2-1-3-9-14;/h4-7H,1-3,8-10H2;1H. The molecule has 1 aromatic rings. The van der Waals surface area contributed by atoms with Gasteiger partial charge in [0.25, 0.3) is 0 Å². The molecule has 1 saturated heterocycles. The Morgan fingerprint density at radius 2 is 1.69 bits per heavy atom. The lowest BCUT2D eigenvalue weighted by Crippen LogP contribution is -2.33. The Labute approximate surface area is 102 Å². The molecule has 2 rings (SSSR count). The van der Waals surface area contributed by atoms with Gasteiger partial charge in [0.1, 0.15) is 18.3 Å². The van der Waals surface area contributed by atoms with E-state index in [9.17, 15) is 4.39 Å². The number of nitrogens with zero attached hydrogens (tertiary/aromatic N) is 1. The van der Waals surface area contributed by atoms with Crippen molar-refractivity contribution in [1.82, 2.24) is 4.90 Å². The molecule has 0 amide bonds. The van der Waals surface area contributed by atoms with Gasteiger partial charge in [-0.05, 0) is 37.1 Å². The molecule has 0 spiro atoms. The van der Waals surface area contributed by atoms with Crippen LogP contribution in [0.5, 0.6) is 5.75 Å². The second-order valence-corrected chi connectivity index (χ2v) is 3.91. The zero-order chi connectivity index (χ0) is 10.5. The van der Waals surface area contributed by atoms with Gasteiger partial charge in [0.15, 0.2) is 0 Å². The first-order valence-electron chi connectivity index (χ1n) is 5.45. The lowest BCUT2D eigenvalue weighted by Gasteiger charge is -2.26. The largest absolute Gasteiger partial charge is 0.478 e. The van der Waals surface area contributed by atoms with Crippen molar-refractivity contribution in [2.75, 3.05) is 19.8 Å². The summed E-state index contributed by atoms with van der Waals surface area (Å²) < 4.78 is 18.2. The number of hydrogen-bond donors (Lipinski definition) is 0. The van der Waals surface area contributed by atoms with Crippen LogP contribution in [0, 0.1) is 5.82 Å². The predicted molar refractivity (Wildman–Crippen MR) is 64.6 cm³/mol. The van der Waals surface area contributed by atoms with Crippen molar-refractivity contribution < 1.29 is 9.13 Å². The number of halogens is 2. The van der Waals surface area contributed by atoms with Crippen molar-refractivity contribution in [3.63, 3.8) is 0 Å². The van der Waals surface area contributed by atoms with E-state index >= 15 is 0 Å². The van der Waals surface area contributed by atoms with Gasteiger partial charge in [-0.25, -0.2) is 4.39 Å². The van der Waals surface area contributed by atoms with E-state index < -0.39 is 0 Å². The highest BCUT2D eigenvalue weighted by molar-refractivity contribution is 5.85. The Balaban J connectivity index is 0.00000128. The molecule has 90 valence electrons. The number of ether oxygens (including phenoxy) is 1. The van der Waals surface area contributed by atoms with E-state index in [2.05, 4.69) is 4.90 Å². The third-order valence-corrected chi connectivity index (χ3v) is 2.68. The lowest BCUT2D eigenvalue weighted by molar-refractivity contribution is 0.106. The van der Waals surface area contributed by atoms with E-state index in [-0.39, 0.29) is 18.2 Å². The van der Waals surface area contributed by atoms with Crippen LogP contribution in [0.15, 0.2) is 24.3 Å². The van der Waals surface area contributed by atoms with Crippen LogP contribution in [0.3, 0.4) is 0 Å². The number of likely N-dealkylation sites (tertiary alicyclic amines) is 1. The first-order chi connectivity index (χ1) is 7.34. The molecule has 0 unspecified atom stereocenters. The molecule has 0 radical (unpaired) electrons. The van der Waals surface area contributed by atoms with E-state index in [4.69, 9.17) is 4.74 Å². The summed E-state index contributed by atoms with van der Waals surface area (Å²) in [6.07, 6.45) is 3.84. The molecule has 0 atom stereocenters. The number of benzene rings is 1. The zero-order valence-corrected chi connectivity index (χ0v) is 10.0. The van der Waals surface area contributed by atoms with Gasteiger partial charge in [-0.1, -0.05) is 6.42 Å². The van der Waals surface area contributed by atoms with Crippen molar-refractivity contribution in [3.05, 3.63) is 30.1 Å². The molecule has 0 bridgehead atoms. The first-order valence-corrected chi connectivity index (χ1v) is 5.45. The maximum absolute atomic E-state index is 12.6. The molecule has 1 aromatic carbocycles. The molecule has 0 aliphatic carbocycles. The first kappa shape index (κ1) is 13.3. The van der Waals surface area contributed by atoms with Gasteiger partial charge in [0, 0.05) is 13.1 Å². The van der Waals surface area contributed by atoms with Crippen LogP contribution in [-0.2, 0) is 0 Å². The minimum atomic E-state index is -0.222. The summed E-state index contributed by atoms with van der Waals surface area (Å²) in [4.78, 5) is 2.28. The van der Waals surface area contributed by atoms with Crippen molar-refractivity contribution in [2.45, 2.75) is 19.3 Å². The van der Waals surface area contributed by atoms with E-state index in [1.165, 1.54) is 31.4 Å². The Kier molecular flexibility index (Phi) is 5.56. The maximum Gasteiger partial charge on any atom is 0.142 e. The molecule has 0 saturated carbocycles. The Morgan fingerprint density at radius 3 is 2.31 bits per heavy atom. The highest BCUT2D eigenvalue weighted by atomic mass is 35.5. The van der Waals surface area contributed by atoms with Gasteiger partial charge in [-0.3, -0.25) is 4.90 Å². The third-order valence-electron chi connectivity index (χ3n) is 2.68. The summed E-state index contributed by atoms with van der Waals surface area (Å²) in [7, 11) is 0. The molecule has 0 N–H and O–H groups in total. The van der Waals surface area contributed by atoms with Gasteiger partial charge in [0.2, 0.25) is 0 Å². The minimum Gasteiger partial charge on any atom is -0.478 e. The van der Waals surface area contributed by atoms with Crippen LogP contribution in [-0.4, -0.2) is 24.7 Å². The molecule has 1 heterocycles. The van der Waals surface area contributed by atoms with Gasteiger partial charge in [0.05, 0.1) is 0 Å². The monoisotopic (exact) mass is 245 g/mol. The average molecular weight is 246 g/mol. The van der Waals surface area contributed by atoms with Crippen LogP contribution < -0.4 is 4.74 Å². The van der Waals surface area contributed by atoms with Crippen LogP contribution in [0.25, 0.3) is 0 Å². The van der Waals surface area contributed by atoms with Crippen LogP contribution >= 0.6 is 12.4 Å². The quantitative estimate of drug-likeness (QED) is 0.812.